The maximum absolute atomic E-state index is 12.6. The van der Waals surface area contributed by atoms with Crippen LogP contribution >= 0.6 is 8.53 Å². The average molecular weight is 557 g/mol. The molecule has 4 rings (SSSR count). The number of hydrogen-bond donors (Lipinski definition) is 2. The summed E-state index contributed by atoms with van der Waals surface area (Å²) >= 11 is 0. The number of carbonyl (C=O) groups is 1. The molecule has 210 valence electrons. The SMILES string of the molecule is CCCCOC(=O)[C@H](C)NP(Oc1cccc2ccccc12)OC(C)C1CC(C)C(n2ccc(N)nc2=O)O1. The van der Waals surface area contributed by atoms with Crippen molar-refractivity contribution in [2.24, 2.45) is 5.92 Å². The summed E-state index contributed by atoms with van der Waals surface area (Å²) in [7, 11) is -1.78. The zero-order chi connectivity index (χ0) is 27.9. The van der Waals surface area contributed by atoms with Gasteiger partial charge in [0, 0.05) is 17.5 Å². The highest BCUT2D eigenvalue weighted by Gasteiger charge is 2.39. The van der Waals surface area contributed by atoms with Crippen LogP contribution in [0.25, 0.3) is 10.8 Å². The van der Waals surface area contributed by atoms with Crippen LogP contribution < -0.4 is 21.0 Å². The molecule has 0 amide bonds. The van der Waals surface area contributed by atoms with Crippen LogP contribution in [-0.4, -0.2) is 40.4 Å². The molecule has 0 saturated carbocycles. The lowest BCUT2D eigenvalue weighted by Crippen LogP contribution is -2.36. The Bertz CT molecular complexity index is 1320. The van der Waals surface area contributed by atoms with Crippen LogP contribution in [0.3, 0.4) is 0 Å². The Hall–Kier alpha value is -3.04. The topological polar surface area (TPSA) is 127 Å². The van der Waals surface area contributed by atoms with Gasteiger partial charge in [-0.25, -0.2) is 9.88 Å². The fourth-order valence-corrected chi connectivity index (χ4v) is 5.78. The summed E-state index contributed by atoms with van der Waals surface area (Å²) in [6.45, 7) is 8.06. The molecule has 1 aromatic heterocycles. The summed E-state index contributed by atoms with van der Waals surface area (Å²) in [5.41, 5.74) is 5.19. The van der Waals surface area contributed by atoms with E-state index in [1.54, 1.807) is 19.2 Å². The minimum Gasteiger partial charge on any atom is -0.465 e. The van der Waals surface area contributed by atoms with Gasteiger partial charge in [-0.2, -0.15) is 4.98 Å². The van der Waals surface area contributed by atoms with E-state index in [0.29, 0.717) is 18.8 Å². The summed E-state index contributed by atoms with van der Waals surface area (Å²) in [6, 6.07) is 14.6. The van der Waals surface area contributed by atoms with Gasteiger partial charge in [0.05, 0.1) is 18.8 Å². The lowest BCUT2D eigenvalue weighted by Gasteiger charge is -2.27. The molecule has 1 saturated heterocycles. The van der Waals surface area contributed by atoms with Crippen LogP contribution in [0.4, 0.5) is 5.82 Å². The molecule has 1 aliphatic heterocycles. The van der Waals surface area contributed by atoms with Gasteiger partial charge in [-0.3, -0.25) is 9.36 Å². The van der Waals surface area contributed by atoms with Crippen molar-refractivity contribution in [1.29, 1.82) is 0 Å². The summed E-state index contributed by atoms with van der Waals surface area (Å²) in [4.78, 5) is 28.8. The molecule has 0 radical (unpaired) electrons. The van der Waals surface area contributed by atoms with Crippen molar-refractivity contribution in [1.82, 2.24) is 14.6 Å². The van der Waals surface area contributed by atoms with E-state index in [2.05, 4.69) is 10.1 Å². The second-order valence-corrected chi connectivity index (χ2v) is 11.0. The Balaban J connectivity index is 1.50. The summed E-state index contributed by atoms with van der Waals surface area (Å²) in [5, 5.41) is 5.16. The molecule has 2 aromatic carbocycles. The van der Waals surface area contributed by atoms with Gasteiger partial charge in [-0.05, 0) is 44.2 Å². The Morgan fingerprint density at radius 2 is 2.00 bits per heavy atom. The van der Waals surface area contributed by atoms with Gasteiger partial charge >= 0.3 is 20.2 Å². The molecular formula is C28H37N4O6P. The summed E-state index contributed by atoms with van der Waals surface area (Å²) < 4.78 is 25.9. The highest BCUT2D eigenvalue weighted by molar-refractivity contribution is 7.45. The largest absolute Gasteiger partial charge is 0.465 e. The maximum atomic E-state index is 12.6. The number of nitrogens with one attached hydrogen (secondary N) is 1. The van der Waals surface area contributed by atoms with Gasteiger partial charge in [-0.1, -0.05) is 56.7 Å². The minimum atomic E-state index is -1.78. The minimum absolute atomic E-state index is 0.0369. The number of aromatic nitrogens is 2. The Morgan fingerprint density at radius 3 is 2.77 bits per heavy atom. The highest BCUT2D eigenvalue weighted by Crippen LogP contribution is 2.43. The standard InChI is InChI=1S/C28H37N4O6P/c1-5-6-16-35-27(33)19(3)31-39(38-23-13-9-11-21-10-7-8-12-22(21)23)37-20(4)24-17-18(2)26(36-24)32-15-14-25(29)30-28(32)34/h7-15,18-20,24,26,31H,5-6,16-17H2,1-4H3,(H2,29,30,34)/t18?,19-,20?,24?,26?,39?/m0/s1. The second-order valence-electron chi connectivity index (χ2n) is 9.83. The Kier molecular flexibility index (Phi) is 9.91. The first-order valence-corrected chi connectivity index (χ1v) is 14.5. The van der Waals surface area contributed by atoms with Gasteiger partial charge in [0.1, 0.15) is 23.8 Å². The fraction of sp³-hybridized carbons (Fsp3) is 0.464. The molecule has 10 nitrogen and oxygen atoms in total. The number of ether oxygens (including phenoxy) is 2. The smallest absolute Gasteiger partial charge is 0.351 e. The first-order chi connectivity index (χ1) is 18.8. The molecule has 3 aromatic rings. The lowest BCUT2D eigenvalue weighted by molar-refractivity contribution is -0.145. The van der Waals surface area contributed by atoms with Crippen molar-refractivity contribution < 1.29 is 23.3 Å². The van der Waals surface area contributed by atoms with Gasteiger partial charge in [-0.15, -0.1) is 0 Å². The molecule has 3 N–H and O–H groups in total. The number of hydrogen-bond acceptors (Lipinski definition) is 9. The number of carbonyl (C=O) groups excluding carboxylic acids is 1. The first-order valence-electron chi connectivity index (χ1n) is 13.3. The molecule has 1 aliphatic rings. The third kappa shape index (κ3) is 7.33. The second kappa shape index (κ2) is 13.3. The molecule has 1 fully saturated rings. The van der Waals surface area contributed by atoms with E-state index in [4.69, 9.17) is 24.3 Å². The van der Waals surface area contributed by atoms with Crippen molar-refractivity contribution in [2.45, 2.75) is 71.4 Å². The molecule has 6 atom stereocenters. The van der Waals surface area contributed by atoms with Crippen LogP contribution in [0.15, 0.2) is 59.5 Å². The van der Waals surface area contributed by atoms with E-state index >= 15 is 0 Å². The third-order valence-corrected chi connectivity index (χ3v) is 8.13. The van der Waals surface area contributed by atoms with Gasteiger partial charge in [0.2, 0.25) is 0 Å². The highest BCUT2D eigenvalue weighted by atomic mass is 31.2. The van der Waals surface area contributed by atoms with Gasteiger partial charge < -0.3 is 24.3 Å². The Morgan fingerprint density at radius 1 is 1.23 bits per heavy atom. The third-order valence-electron chi connectivity index (χ3n) is 6.64. The molecule has 2 heterocycles. The quantitative estimate of drug-likeness (QED) is 0.181. The monoisotopic (exact) mass is 556 g/mol. The zero-order valence-corrected chi connectivity index (χ0v) is 23.7. The van der Waals surface area contributed by atoms with Crippen molar-refractivity contribution in [3.63, 3.8) is 0 Å². The van der Waals surface area contributed by atoms with Crippen LogP contribution in [0.5, 0.6) is 5.75 Å². The maximum Gasteiger partial charge on any atom is 0.351 e. The number of fused-ring (bicyclic) bond motifs is 1. The van der Waals surface area contributed by atoms with Crippen LogP contribution in [-0.2, 0) is 18.8 Å². The molecule has 0 aliphatic carbocycles. The van der Waals surface area contributed by atoms with Crippen molar-refractivity contribution in [2.75, 3.05) is 12.3 Å². The number of esters is 1. The first kappa shape index (κ1) is 29.0. The van der Waals surface area contributed by atoms with E-state index < -0.39 is 32.6 Å². The number of nitrogens with zero attached hydrogens (tertiary/aromatic N) is 2. The molecule has 5 unspecified atom stereocenters. The number of rotatable bonds is 12. The van der Waals surface area contributed by atoms with E-state index in [1.165, 1.54) is 4.57 Å². The number of unbranched alkanes of at least 4 members (excludes halogenated alkanes) is 1. The number of nitrogen functional groups attached to an aromatic ring is 1. The predicted octanol–water partition coefficient (Wildman–Crippen LogP) is 4.93. The van der Waals surface area contributed by atoms with Crippen molar-refractivity contribution in [3.05, 3.63) is 65.2 Å². The number of nitrogens with two attached hydrogens (primary N) is 1. The summed E-state index contributed by atoms with van der Waals surface area (Å²) in [6.07, 6.45) is 2.78. The fourth-order valence-electron chi connectivity index (χ4n) is 4.43. The average Bonchev–Trinajstić information content (AvgIpc) is 3.30. The van der Waals surface area contributed by atoms with E-state index in [9.17, 15) is 9.59 Å². The molecule has 11 heteroatoms. The van der Waals surface area contributed by atoms with Gasteiger partial charge in [0.25, 0.3) is 0 Å². The van der Waals surface area contributed by atoms with Crippen molar-refractivity contribution in [3.8, 4) is 5.75 Å². The van der Waals surface area contributed by atoms with E-state index in [-0.39, 0.29) is 23.8 Å². The molecule has 0 spiro atoms. The van der Waals surface area contributed by atoms with Crippen molar-refractivity contribution >= 4 is 31.1 Å². The van der Waals surface area contributed by atoms with Crippen LogP contribution in [0.1, 0.15) is 53.2 Å². The van der Waals surface area contributed by atoms with Gasteiger partial charge in [0.15, 0.2) is 0 Å². The summed E-state index contributed by atoms with van der Waals surface area (Å²) in [5.74, 6) is 0.480. The van der Waals surface area contributed by atoms with Crippen LogP contribution in [0, 0.1) is 5.92 Å². The predicted molar refractivity (Wildman–Crippen MR) is 151 cm³/mol. The van der Waals surface area contributed by atoms with Crippen LogP contribution in [0.2, 0.25) is 0 Å². The van der Waals surface area contributed by atoms with E-state index in [0.717, 1.165) is 23.6 Å². The number of anilines is 1. The Labute approximate surface area is 229 Å². The molecular weight excluding hydrogens is 519 g/mol. The number of benzene rings is 2. The molecule has 39 heavy (non-hydrogen) atoms. The normalized spacial score (nSPS) is 21.4. The van der Waals surface area contributed by atoms with E-state index in [1.807, 2.05) is 63.2 Å². The zero-order valence-electron chi connectivity index (χ0n) is 22.8. The lowest BCUT2D eigenvalue weighted by atomic mass is 10.0. The molecule has 0 bridgehead atoms.